The van der Waals surface area contributed by atoms with E-state index >= 15 is 0 Å². The van der Waals surface area contributed by atoms with Crippen LogP contribution in [0.5, 0.6) is 5.75 Å². The molecule has 1 saturated heterocycles. The molecule has 0 bridgehead atoms. The van der Waals surface area contributed by atoms with E-state index in [9.17, 15) is 9.59 Å². The molecular formula is C22H23ClN4O3. The molecule has 1 N–H and O–H groups in total. The molecule has 156 valence electrons. The Kier molecular flexibility index (Phi) is 5.63. The maximum absolute atomic E-state index is 13.1. The Labute approximate surface area is 179 Å². The maximum Gasteiger partial charge on any atom is 0.258 e. The highest BCUT2D eigenvalue weighted by atomic mass is 35.5. The van der Waals surface area contributed by atoms with Gasteiger partial charge in [-0.15, -0.1) is 0 Å². The second kappa shape index (κ2) is 8.36. The zero-order valence-corrected chi connectivity index (χ0v) is 17.6. The van der Waals surface area contributed by atoms with Crippen LogP contribution in [0.4, 0.5) is 0 Å². The van der Waals surface area contributed by atoms with Gasteiger partial charge in [-0.2, -0.15) is 0 Å². The summed E-state index contributed by atoms with van der Waals surface area (Å²) in [6.45, 7) is 0.807. The average Bonchev–Trinajstić information content (AvgIpc) is 3.37. The van der Waals surface area contributed by atoms with Crippen LogP contribution >= 0.6 is 11.6 Å². The predicted octanol–water partition coefficient (Wildman–Crippen LogP) is 3.16. The third kappa shape index (κ3) is 3.73. The summed E-state index contributed by atoms with van der Waals surface area (Å²) in [5.41, 5.74) is 2.25. The minimum atomic E-state index is -0.532. The number of hydrogen-bond acceptors (Lipinski definition) is 4. The van der Waals surface area contributed by atoms with Crippen LogP contribution in [0.15, 0.2) is 42.5 Å². The van der Waals surface area contributed by atoms with Crippen molar-refractivity contribution in [3.63, 3.8) is 0 Å². The summed E-state index contributed by atoms with van der Waals surface area (Å²) in [4.78, 5) is 32.2. The number of amides is 2. The molecule has 2 aromatic carbocycles. The van der Waals surface area contributed by atoms with Crippen LogP contribution in [-0.2, 0) is 18.4 Å². The van der Waals surface area contributed by atoms with Gasteiger partial charge in [-0.25, -0.2) is 4.98 Å². The lowest BCUT2D eigenvalue weighted by molar-refractivity contribution is -0.125. The van der Waals surface area contributed by atoms with E-state index in [0.717, 1.165) is 23.3 Å². The number of ether oxygens (including phenoxy) is 1. The molecule has 2 heterocycles. The Morgan fingerprint density at radius 2 is 2.07 bits per heavy atom. The van der Waals surface area contributed by atoms with Gasteiger partial charge in [0, 0.05) is 18.6 Å². The Bertz CT molecular complexity index is 1110. The number of rotatable bonds is 5. The summed E-state index contributed by atoms with van der Waals surface area (Å²) >= 11 is 6.07. The summed E-state index contributed by atoms with van der Waals surface area (Å²) in [5.74, 6) is 0.760. The quantitative estimate of drug-likeness (QED) is 0.680. The Morgan fingerprint density at radius 1 is 1.27 bits per heavy atom. The van der Waals surface area contributed by atoms with Crippen LogP contribution in [0.25, 0.3) is 11.0 Å². The summed E-state index contributed by atoms with van der Waals surface area (Å²) in [6.07, 6.45) is 1.38. The molecule has 1 atom stereocenters. The van der Waals surface area contributed by atoms with Crippen molar-refractivity contribution in [3.8, 4) is 5.75 Å². The van der Waals surface area contributed by atoms with E-state index in [2.05, 4.69) is 10.3 Å². The molecule has 30 heavy (non-hydrogen) atoms. The highest BCUT2D eigenvalue weighted by Gasteiger charge is 2.35. The maximum atomic E-state index is 13.1. The summed E-state index contributed by atoms with van der Waals surface area (Å²) in [6, 6.07) is 12.2. The van der Waals surface area contributed by atoms with Crippen LogP contribution in [-0.4, -0.2) is 46.0 Å². The normalized spacial score (nSPS) is 16.1. The van der Waals surface area contributed by atoms with Gasteiger partial charge < -0.3 is 19.5 Å². The molecule has 0 spiro atoms. The second-order valence-corrected chi connectivity index (χ2v) is 7.73. The number of nitrogens with one attached hydrogen (secondary N) is 1. The first-order valence-electron chi connectivity index (χ1n) is 9.82. The van der Waals surface area contributed by atoms with Gasteiger partial charge in [-0.1, -0.05) is 23.7 Å². The number of carbonyl (C=O) groups is 2. The van der Waals surface area contributed by atoms with Gasteiger partial charge >= 0.3 is 0 Å². The molecule has 7 nitrogen and oxygen atoms in total. The monoisotopic (exact) mass is 426 g/mol. The van der Waals surface area contributed by atoms with E-state index in [1.165, 1.54) is 7.11 Å². The Hall–Kier alpha value is -3.06. The summed E-state index contributed by atoms with van der Waals surface area (Å²) < 4.78 is 7.27. The van der Waals surface area contributed by atoms with Gasteiger partial charge in [-0.05, 0) is 43.2 Å². The molecule has 1 aromatic heterocycles. The first kappa shape index (κ1) is 20.2. The number of halogens is 1. The molecule has 0 saturated carbocycles. The number of methoxy groups -OCH3 is 1. The van der Waals surface area contributed by atoms with E-state index in [4.69, 9.17) is 16.3 Å². The molecule has 8 heteroatoms. The van der Waals surface area contributed by atoms with Gasteiger partial charge in [-0.3, -0.25) is 9.59 Å². The number of likely N-dealkylation sites (tertiary alicyclic amines) is 1. The molecule has 1 fully saturated rings. The highest BCUT2D eigenvalue weighted by Crippen LogP contribution is 2.27. The topological polar surface area (TPSA) is 76.5 Å². The third-order valence-corrected chi connectivity index (χ3v) is 5.74. The van der Waals surface area contributed by atoms with Crippen molar-refractivity contribution in [2.24, 2.45) is 7.05 Å². The highest BCUT2D eigenvalue weighted by molar-refractivity contribution is 6.31. The third-order valence-electron chi connectivity index (χ3n) is 5.51. The first-order valence-corrected chi connectivity index (χ1v) is 10.2. The van der Waals surface area contributed by atoms with E-state index < -0.39 is 6.04 Å². The second-order valence-electron chi connectivity index (χ2n) is 7.29. The van der Waals surface area contributed by atoms with Crippen molar-refractivity contribution in [3.05, 3.63) is 58.9 Å². The van der Waals surface area contributed by atoms with E-state index in [0.29, 0.717) is 35.8 Å². The molecule has 1 unspecified atom stereocenters. The molecule has 0 aliphatic carbocycles. The standard InChI is InChI=1S/C22H23ClN4O3/c1-26-17-7-4-3-6-16(17)25-20(26)13-24-21(28)18-8-5-11-27(18)22(29)15-12-14(23)9-10-19(15)30-2/h3-4,6-7,9-10,12,18H,5,8,11,13H2,1-2H3,(H,24,28). The van der Waals surface area contributed by atoms with Crippen LogP contribution in [0.1, 0.15) is 29.0 Å². The van der Waals surface area contributed by atoms with Gasteiger partial charge in [0.05, 0.1) is 30.3 Å². The fourth-order valence-electron chi connectivity index (χ4n) is 3.92. The lowest BCUT2D eigenvalue weighted by Gasteiger charge is -2.24. The molecule has 2 amide bonds. The fourth-order valence-corrected chi connectivity index (χ4v) is 4.09. The van der Waals surface area contributed by atoms with Crippen molar-refractivity contribution in [1.29, 1.82) is 0 Å². The summed E-state index contributed by atoms with van der Waals surface area (Å²) in [5, 5.41) is 3.39. The number of para-hydroxylation sites is 2. The predicted molar refractivity (Wildman–Crippen MR) is 115 cm³/mol. The van der Waals surface area contributed by atoms with E-state index in [1.807, 2.05) is 35.9 Å². The average molecular weight is 427 g/mol. The number of fused-ring (bicyclic) bond motifs is 1. The van der Waals surface area contributed by atoms with Gasteiger partial charge in [0.15, 0.2) is 0 Å². The number of benzene rings is 2. The lowest BCUT2D eigenvalue weighted by Crippen LogP contribution is -2.46. The van der Waals surface area contributed by atoms with Crippen molar-refractivity contribution in [2.45, 2.75) is 25.4 Å². The molecule has 3 aromatic rings. The van der Waals surface area contributed by atoms with Gasteiger partial charge in [0.25, 0.3) is 5.91 Å². The molecule has 0 radical (unpaired) electrons. The van der Waals surface area contributed by atoms with E-state index in [-0.39, 0.29) is 11.8 Å². The number of nitrogens with zero attached hydrogens (tertiary/aromatic N) is 3. The SMILES string of the molecule is COc1ccc(Cl)cc1C(=O)N1CCCC1C(=O)NCc1nc2ccccc2n1C. The van der Waals surface area contributed by atoms with Crippen molar-refractivity contribution in [1.82, 2.24) is 19.8 Å². The zero-order chi connectivity index (χ0) is 21.3. The minimum absolute atomic E-state index is 0.186. The Balaban J connectivity index is 1.49. The number of carbonyl (C=O) groups excluding carboxylic acids is 2. The van der Waals surface area contributed by atoms with Gasteiger partial charge in [0.2, 0.25) is 5.91 Å². The number of imidazole rings is 1. The number of aryl methyl sites for hydroxylation is 1. The van der Waals surface area contributed by atoms with Crippen LogP contribution < -0.4 is 10.1 Å². The van der Waals surface area contributed by atoms with E-state index in [1.54, 1.807) is 23.1 Å². The van der Waals surface area contributed by atoms with Crippen LogP contribution in [0.3, 0.4) is 0 Å². The molecule has 1 aliphatic rings. The Morgan fingerprint density at radius 3 is 2.83 bits per heavy atom. The van der Waals surface area contributed by atoms with Crippen molar-refractivity contribution in [2.75, 3.05) is 13.7 Å². The lowest BCUT2D eigenvalue weighted by atomic mass is 10.1. The number of hydrogen-bond donors (Lipinski definition) is 1. The van der Waals surface area contributed by atoms with Crippen molar-refractivity contribution < 1.29 is 14.3 Å². The summed E-state index contributed by atoms with van der Waals surface area (Å²) in [7, 11) is 3.43. The van der Waals surface area contributed by atoms with Crippen LogP contribution in [0, 0.1) is 0 Å². The smallest absolute Gasteiger partial charge is 0.258 e. The zero-order valence-electron chi connectivity index (χ0n) is 16.9. The number of aromatic nitrogens is 2. The fraction of sp³-hybridized carbons (Fsp3) is 0.318. The molecule has 1 aliphatic heterocycles. The van der Waals surface area contributed by atoms with Gasteiger partial charge in [0.1, 0.15) is 17.6 Å². The largest absolute Gasteiger partial charge is 0.496 e. The molecule has 4 rings (SSSR count). The van der Waals surface area contributed by atoms with Crippen molar-refractivity contribution >= 4 is 34.4 Å². The first-order chi connectivity index (χ1) is 14.5. The van der Waals surface area contributed by atoms with Crippen LogP contribution in [0.2, 0.25) is 5.02 Å². The minimum Gasteiger partial charge on any atom is -0.496 e. The molecular weight excluding hydrogens is 404 g/mol.